The van der Waals surface area contributed by atoms with E-state index in [4.69, 9.17) is 0 Å². The summed E-state index contributed by atoms with van der Waals surface area (Å²) in [5, 5.41) is 4.35. The second kappa shape index (κ2) is 5.29. The van der Waals surface area contributed by atoms with Crippen molar-refractivity contribution in [2.24, 2.45) is 7.05 Å². The zero-order valence-corrected chi connectivity index (χ0v) is 14.6. The van der Waals surface area contributed by atoms with Gasteiger partial charge in [-0.2, -0.15) is 9.40 Å². The van der Waals surface area contributed by atoms with Gasteiger partial charge in [-0.05, 0) is 43.4 Å². The van der Waals surface area contributed by atoms with E-state index in [0.29, 0.717) is 25.2 Å². The van der Waals surface area contributed by atoms with Gasteiger partial charge >= 0.3 is 0 Å². The lowest BCUT2D eigenvalue weighted by molar-refractivity contribution is 0.384. The number of pyridine rings is 1. The minimum atomic E-state index is -3.60. The number of sulfonamides is 1. The van der Waals surface area contributed by atoms with Gasteiger partial charge in [0.1, 0.15) is 0 Å². The largest absolute Gasteiger partial charge is 0.312 e. The van der Waals surface area contributed by atoms with Crippen LogP contribution in [0.4, 0.5) is 0 Å². The van der Waals surface area contributed by atoms with E-state index >= 15 is 0 Å². The van der Waals surface area contributed by atoms with E-state index in [1.165, 1.54) is 8.99 Å². The van der Waals surface area contributed by atoms with Crippen molar-refractivity contribution in [3.63, 3.8) is 0 Å². The number of aryl methyl sites for hydroxylation is 2. The maximum atomic E-state index is 12.9. The molecule has 128 valence electrons. The van der Waals surface area contributed by atoms with Crippen molar-refractivity contribution in [2.75, 3.05) is 6.54 Å². The van der Waals surface area contributed by atoms with Crippen LogP contribution >= 0.6 is 0 Å². The molecule has 3 heterocycles. The summed E-state index contributed by atoms with van der Waals surface area (Å²) < 4.78 is 30.5. The van der Waals surface area contributed by atoms with Crippen LogP contribution in [0.25, 0.3) is 0 Å². The van der Waals surface area contributed by atoms with Crippen LogP contribution in [-0.2, 0) is 30.0 Å². The highest BCUT2D eigenvalue weighted by Crippen LogP contribution is 2.34. The number of fused-ring (bicyclic) bond motifs is 1. The van der Waals surface area contributed by atoms with Gasteiger partial charge in [0.05, 0.1) is 5.69 Å². The Bertz CT molecular complexity index is 970. The first kappa shape index (κ1) is 15.6. The smallest absolute Gasteiger partial charge is 0.260 e. The van der Waals surface area contributed by atoms with Gasteiger partial charge in [-0.1, -0.05) is 0 Å². The minimum Gasteiger partial charge on any atom is -0.312 e. The van der Waals surface area contributed by atoms with E-state index in [2.05, 4.69) is 5.10 Å². The van der Waals surface area contributed by atoms with Crippen molar-refractivity contribution in [2.45, 2.75) is 43.8 Å². The lowest BCUT2D eigenvalue weighted by Gasteiger charge is -2.28. The molecule has 2 aromatic heterocycles. The molecule has 0 aromatic carbocycles. The first-order valence-corrected chi connectivity index (χ1v) is 9.55. The van der Waals surface area contributed by atoms with Gasteiger partial charge in [-0.3, -0.25) is 9.48 Å². The summed E-state index contributed by atoms with van der Waals surface area (Å²) in [6.45, 7) is 2.46. The van der Waals surface area contributed by atoms with Gasteiger partial charge in [0, 0.05) is 38.4 Å². The Labute approximate surface area is 140 Å². The standard InChI is InChI=1S/C16H20N4O3S/c1-11-7-16(18(2)17-11)24(22,23)19-6-5-12-8-15(21)20(14-3-4-14)10-13(12)9-19/h7-8,10,14H,3-6,9H2,1-2H3. The predicted octanol–water partition coefficient (Wildman–Crippen LogP) is 0.972. The molecule has 0 N–H and O–H groups in total. The molecule has 0 bridgehead atoms. The molecule has 0 atom stereocenters. The quantitative estimate of drug-likeness (QED) is 0.828. The summed E-state index contributed by atoms with van der Waals surface area (Å²) in [5.41, 5.74) is 2.59. The number of nitrogens with zero attached hydrogens (tertiary/aromatic N) is 4. The Hall–Kier alpha value is -1.93. The maximum Gasteiger partial charge on any atom is 0.260 e. The molecule has 0 amide bonds. The Kier molecular flexibility index (Phi) is 3.43. The van der Waals surface area contributed by atoms with Gasteiger partial charge in [0.25, 0.3) is 15.6 Å². The zero-order chi connectivity index (χ0) is 17.1. The number of rotatable bonds is 3. The molecule has 0 unspecified atom stereocenters. The molecule has 2 aliphatic rings. The number of aromatic nitrogens is 3. The maximum absolute atomic E-state index is 12.9. The lowest BCUT2D eigenvalue weighted by Crippen LogP contribution is -2.38. The molecule has 7 nitrogen and oxygen atoms in total. The Morgan fingerprint density at radius 1 is 1.21 bits per heavy atom. The molecule has 24 heavy (non-hydrogen) atoms. The fourth-order valence-electron chi connectivity index (χ4n) is 3.32. The van der Waals surface area contributed by atoms with Gasteiger partial charge < -0.3 is 4.57 Å². The molecule has 4 rings (SSSR count). The van der Waals surface area contributed by atoms with E-state index in [1.54, 1.807) is 30.7 Å². The van der Waals surface area contributed by atoms with Crippen LogP contribution < -0.4 is 5.56 Å². The summed E-state index contributed by atoms with van der Waals surface area (Å²) in [5.74, 6) is 0. The van der Waals surface area contributed by atoms with Crippen LogP contribution in [0.15, 0.2) is 28.2 Å². The molecule has 0 radical (unpaired) electrons. The van der Waals surface area contributed by atoms with Crippen molar-refractivity contribution < 1.29 is 8.42 Å². The lowest BCUT2D eigenvalue weighted by atomic mass is 10.0. The number of hydrogen-bond acceptors (Lipinski definition) is 4. The predicted molar refractivity (Wildman–Crippen MR) is 88.2 cm³/mol. The fourth-order valence-corrected chi connectivity index (χ4v) is 4.92. The number of hydrogen-bond donors (Lipinski definition) is 0. The first-order valence-electron chi connectivity index (χ1n) is 8.11. The van der Waals surface area contributed by atoms with Crippen molar-refractivity contribution in [3.8, 4) is 0 Å². The average Bonchev–Trinajstić information content (AvgIpc) is 3.30. The van der Waals surface area contributed by atoms with Crippen LogP contribution in [0.1, 0.15) is 35.7 Å². The van der Waals surface area contributed by atoms with Gasteiger partial charge in [-0.25, -0.2) is 8.42 Å². The molecule has 2 aromatic rings. The molecule has 8 heteroatoms. The molecule has 1 aliphatic carbocycles. The molecular weight excluding hydrogens is 328 g/mol. The second-order valence-electron chi connectivity index (χ2n) is 6.64. The zero-order valence-electron chi connectivity index (χ0n) is 13.8. The highest BCUT2D eigenvalue weighted by molar-refractivity contribution is 7.89. The highest BCUT2D eigenvalue weighted by Gasteiger charge is 2.32. The van der Waals surface area contributed by atoms with E-state index in [1.807, 2.05) is 6.20 Å². The van der Waals surface area contributed by atoms with E-state index in [0.717, 1.165) is 24.0 Å². The minimum absolute atomic E-state index is 0.0230. The summed E-state index contributed by atoms with van der Waals surface area (Å²) in [7, 11) is -1.95. The second-order valence-corrected chi connectivity index (χ2v) is 8.52. The van der Waals surface area contributed by atoms with Crippen LogP contribution in [-0.4, -0.2) is 33.6 Å². The Morgan fingerprint density at radius 2 is 1.96 bits per heavy atom. The van der Waals surface area contributed by atoms with E-state index in [-0.39, 0.29) is 16.6 Å². The summed E-state index contributed by atoms with van der Waals surface area (Å²) in [6, 6.07) is 3.55. The fraction of sp³-hybridized carbons (Fsp3) is 0.500. The molecule has 1 saturated carbocycles. The molecule has 1 aliphatic heterocycles. The average molecular weight is 348 g/mol. The highest BCUT2D eigenvalue weighted by atomic mass is 32.2. The van der Waals surface area contributed by atoms with Gasteiger partial charge in [0.2, 0.25) is 0 Å². The van der Waals surface area contributed by atoms with Crippen LogP contribution in [0, 0.1) is 6.92 Å². The van der Waals surface area contributed by atoms with E-state index in [9.17, 15) is 13.2 Å². The van der Waals surface area contributed by atoms with Crippen molar-refractivity contribution in [3.05, 3.63) is 45.5 Å². The van der Waals surface area contributed by atoms with Crippen LogP contribution in [0.5, 0.6) is 0 Å². The molecule has 0 spiro atoms. The van der Waals surface area contributed by atoms with Gasteiger partial charge in [-0.15, -0.1) is 0 Å². The Morgan fingerprint density at radius 3 is 2.58 bits per heavy atom. The monoisotopic (exact) mass is 348 g/mol. The topological polar surface area (TPSA) is 77.2 Å². The summed E-state index contributed by atoms with van der Waals surface area (Å²) in [4.78, 5) is 12.1. The van der Waals surface area contributed by atoms with Crippen LogP contribution in [0.2, 0.25) is 0 Å². The van der Waals surface area contributed by atoms with Crippen molar-refractivity contribution in [1.29, 1.82) is 0 Å². The van der Waals surface area contributed by atoms with E-state index < -0.39 is 10.0 Å². The third-order valence-electron chi connectivity index (χ3n) is 4.74. The SMILES string of the molecule is Cc1cc(S(=O)(=O)N2CCc3cc(=O)n(C4CC4)cc3C2)n(C)n1. The molecule has 1 fully saturated rings. The normalized spacial score (nSPS) is 18.6. The summed E-state index contributed by atoms with van der Waals surface area (Å²) >= 11 is 0. The van der Waals surface area contributed by atoms with Crippen LogP contribution in [0.3, 0.4) is 0 Å². The third kappa shape index (κ3) is 2.50. The van der Waals surface area contributed by atoms with Gasteiger partial charge in [0.15, 0.2) is 5.03 Å². The molecule has 0 saturated heterocycles. The van der Waals surface area contributed by atoms with Crippen molar-refractivity contribution >= 4 is 10.0 Å². The summed E-state index contributed by atoms with van der Waals surface area (Å²) in [6.07, 6.45) is 4.46. The first-order chi connectivity index (χ1) is 11.4. The molecular formula is C16H20N4O3S. The third-order valence-corrected chi connectivity index (χ3v) is 6.64. The Balaban J connectivity index is 1.70. The van der Waals surface area contributed by atoms with Crippen molar-refractivity contribution in [1.82, 2.24) is 18.7 Å².